The predicted molar refractivity (Wildman–Crippen MR) is 108 cm³/mol. The molecule has 1 aliphatic heterocycles. The molecular formula is C21H20N6O2. The lowest BCUT2D eigenvalue weighted by molar-refractivity contribution is 0.140. The van der Waals surface area contributed by atoms with Gasteiger partial charge in [-0.3, -0.25) is 4.68 Å². The fourth-order valence-electron chi connectivity index (χ4n) is 4.05. The Bertz CT molecular complexity index is 1190. The smallest absolute Gasteiger partial charge is 0.407 e. The van der Waals surface area contributed by atoms with E-state index in [2.05, 4.69) is 15.1 Å². The first kappa shape index (κ1) is 17.4. The Morgan fingerprint density at radius 2 is 2.03 bits per heavy atom. The van der Waals surface area contributed by atoms with Crippen LogP contribution in [0.2, 0.25) is 0 Å². The highest BCUT2D eigenvalue weighted by Gasteiger charge is 2.29. The summed E-state index contributed by atoms with van der Waals surface area (Å²) < 4.78 is 1.74. The van der Waals surface area contributed by atoms with Gasteiger partial charge in [0.05, 0.1) is 17.8 Å². The number of H-pyrrole nitrogens is 1. The van der Waals surface area contributed by atoms with Crippen molar-refractivity contribution in [2.45, 2.75) is 18.9 Å². The maximum Gasteiger partial charge on any atom is 0.407 e. The number of likely N-dealkylation sites (tertiary alicyclic amines) is 1. The molecule has 146 valence electrons. The molecule has 1 fully saturated rings. The van der Waals surface area contributed by atoms with Crippen molar-refractivity contribution in [1.29, 1.82) is 0 Å². The number of rotatable bonds is 3. The molecule has 1 atom stereocenters. The number of amides is 1. The Kier molecular flexibility index (Phi) is 4.04. The second kappa shape index (κ2) is 6.73. The van der Waals surface area contributed by atoms with Crippen LogP contribution in [0.1, 0.15) is 24.4 Å². The van der Waals surface area contributed by atoms with Crippen molar-refractivity contribution in [3.05, 3.63) is 54.5 Å². The van der Waals surface area contributed by atoms with Crippen LogP contribution in [-0.2, 0) is 7.05 Å². The molecule has 0 spiro atoms. The van der Waals surface area contributed by atoms with Crippen molar-refractivity contribution in [1.82, 2.24) is 29.6 Å². The number of aromatic amines is 1. The first-order chi connectivity index (χ1) is 14.1. The number of carbonyl (C=O) groups is 1. The maximum absolute atomic E-state index is 11.4. The summed E-state index contributed by atoms with van der Waals surface area (Å²) >= 11 is 0. The van der Waals surface area contributed by atoms with E-state index in [4.69, 9.17) is 4.98 Å². The number of imidazole rings is 1. The standard InChI is InChI=1S/C21H20N6O2/c1-26-12-15(11-23-26)19-24-18-16(8-9-22-20(18)25-19)13-4-6-14(7-5-13)17-3-2-10-27(17)21(28)29/h4-9,11-12,17H,2-3,10H2,1H3,(H,28,29)(H,22,24,25). The first-order valence-electron chi connectivity index (χ1n) is 9.54. The minimum absolute atomic E-state index is 0.0680. The van der Waals surface area contributed by atoms with Gasteiger partial charge in [0, 0.05) is 31.5 Å². The van der Waals surface area contributed by atoms with E-state index >= 15 is 0 Å². The summed E-state index contributed by atoms with van der Waals surface area (Å²) in [5, 5.41) is 13.6. The molecule has 8 heteroatoms. The van der Waals surface area contributed by atoms with Crippen molar-refractivity contribution >= 4 is 17.3 Å². The van der Waals surface area contributed by atoms with Gasteiger partial charge >= 0.3 is 6.09 Å². The Labute approximate surface area is 166 Å². The third-order valence-corrected chi connectivity index (χ3v) is 5.47. The molecule has 1 unspecified atom stereocenters. The molecule has 8 nitrogen and oxygen atoms in total. The predicted octanol–water partition coefficient (Wildman–Crippen LogP) is 3.84. The molecule has 4 heterocycles. The summed E-state index contributed by atoms with van der Waals surface area (Å²) in [6.45, 7) is 0.594. The van der Waals surface area contributed by atoms with Gasteiger partial charge in [-0.25, -0.2) is 14.8 Å². The van der Waals surface area contributed by atoms with E-state index in [1.807, 2.05) is 43.6 Å². The van der Waals surface area contributed by atoms with Crippen LogP contribution >= 0.6 is 0 Å². The van der Waals surface area contributed by atoms with Crippen LogP contribution < -0.4 is 0 Å². The number of nitrogens with one attached hydrogen (secondary N) is 1. The van der Waals surface area contributed by atoms with Gasteiger partial charge in [0.1, 0.15) is 11.3 Å². The molecule has 1 aromatic carbocycles. The second-order valence-corrected chi connectivity index (χ2v) is 7.30. The summed E-state index contributed by atoms with van der Waals surface area (Å²) in [5.74, 6) is 0.729. The molecule has 0 saturated carbocycles. The van der Waals surface area contributed by atoms with Crippen molar-refractivity contribution in [3.8, 4) is 22.5 Å². The maximum atomic E-state index is 11.4. The highest BCUT2D eigenvalue weighted by Crippen LogP contribution is 2.34. The number of carboxylic acid groups (broad SMARTS) is 1. The van der Waals surface area contributed by atoms with Crippen molar-refractivity contribution in [2.75, 3.05) is 6.54 Å². The minimum atomic E-state index is -0.855. The fourth-order valence-corrected chi connectivity index (χ4v) is 4.05. The molecular weight excluding hydrogens is 368 g/mol. The zero-order chi connectivity index (χ0) is 20.0. The highest BCUT2D eigenvalue weighted by molar-refractivity contribution is 5.91. The Balaban J connectivity index is 1.51. The number of aromatic nitrogens is 5. The Morgan fingerprint density at radius 3 is 2.76 bits per heavy atom. The summed E-state index contributed by atoms with van der Waals surface area (Å²) in [6, 6.07) is 9.97. The molecule has 1 aliphatic rings. The monoisotopic (exact) mass is 388 g/mol. The van der Waals surface area contributed by atoms with Crippen LogP contribution in [0, 0.1) is 0 Å². The second-order valence-electron chi connectivity index (χ2n) is 7.30. The van der Waals surface area contributed by atoms with Crippen LogP contribution in [0.3, 0.4) is 0 Å². The third kappa shape index (κ3) is 3.02. The lowest BCUT2D eigenvalue weighted by Gasteiger charge is -2.22. The Hall–Kier alpha value is -3.68. The van der Waals surface area contributed by atoms with E-state index in [1.54, 1.807) is 17.1 Å². The molecule has 1 saturated heterocycles. The van der Waals surface area contributed by atoms with Crippen LogP contribution in [0.5, 0.6) is 0 Å². The number of pyridine rings is 1. The average Bonchev–Trinajstić information content (AvgIpc) is 3.46. The summed E-state index contributed by atoms with van der Waals surface area (Å²) in [4.78, 5) is 25.4. The topological polar surface area (TPSA) is 99.9 Å². The van der Waals surface area contributed by atoms with E-state index in [9.17, 15) is 9.90 Å². The molecule has 3 aromatic heterocycles. The van der Waals surface area contributed by atoms with E-state index in [0.29, 0.717) is 6.54 Å². The van der Waals surface area contributed by atoms with Crippen LogP contribution in [0.15, 0.2) is 48.9 Å². The van der Waals surface area contributed by atoms with Crippen molar-refractivity contribution in [2.24, 2.45) is 7.05 Å². The molecule has 1 amide bonds. The molecule has 0 bridgehead atoms. The highest BCUT2D eigenvalue weighted by atomic mass is 16.4. The van der Waals surface area contributed by atoms with E-state index in [1.165, 1.54) is 4.90 Å². The van der Waals surface area contributed by atoms with Crippen molar-refractivity contribution < 1.29 is 9.90 Å². The Morgan fingerprint density at radius 1 is 1.21 bits per heavy atom. The molecule has 2 N–H and O–H groups in total. The van der Waals surface area contributed by atoms with E-state index in [0.717, 1.165) is 52.1 Å². The van der Waals surface area contributed by atoms with Gasteiger partial charge in [0.15, 0.2) is 5.65 Å². The molecule has 5 rings (SSSR count). The largest absolute Gasteiger partial charge is 0.465 e. The number of hydrogen-bond acceptors (Lipinski definition) is 4. The van der Waals surface area contributed by atoms with Gasteiger partial charge in [-0.1, -0.05) is 24.3 Å². The number of fused-ring (bicyclic) bond motifs is 1. The van der Waals surface area contributed by atoms with Gasteiger partial charge in [0.2, 0.25) is 0 Å². The van der Waals surface area contributed by atoms with Gasteiger partial charge in [-0.2, -0.15) is 5.10 Å². The van der Waals surface area contributed by atoms with Gasteiger partial charge in [0.25, 0.3) is 0 Å². The zero-order valence-electron chi connectivity index (χ0n) is 15.9. The number of benzene rings is 1. The number of hydrogen-bond donors (Lipinski definition) is 2. The molecule has 0 radical (unpaired) electrons. The SMILES string of the molecule is Cn1cc(-c2nc3c(-c4ccc(C5CCCN5C(=O)O)cc4)ccnc3[nH]2)cn1. The quantitative estimate of drug-likeness (QED) is 0.555. The molecule has 0 aliphatic carbocycles. The minimum Gasteiger partial charge on any atom is -0.465 e. The van der Waals surface area contributed by atoms with Gasteiger partial charge in [-0.05, 0) is 30.0 Å². The van der Waals surface area contributed by atoms with E-state index in [-0.39, 0.29) is 6.04 Å². The summed E-state index contributed by atoms with van der Waals surface area (Å²) in [7, 11) is 1.87. The molecule has 4 aromatic rings. The first-order valence-corrected chi connectivity index (χ1v) is 9.54. The summed E-state index contributed by atoms with van der Waals surface area (Å²) in [5.41, 5.74) is 5.45. The van der Waals surface area contributed by atoms with Crippen LogP contribution in [0.4, 0.5) is 4.79 Å². The molecule has 29 heavy (non-hydrogen) atoms. The van der Waals surface area contributed by atoms with Crippen LogP contribution in [0.25, 0.3) is 33.7 Å². The number of nitrogens with zero attached hydrogens (tertiary/aromatic N) is 5. The van der Waals surface area contributed by atoms with Crippen LogP contribution in [-0.4, -0.2) is 47.4 Å². The van der Waals surface area contributed by atoms with Crippen molar-refractivity contribution in [3.63, 3.8) is 0 Å². The van der Waals surface area contributed by atoms with Gasteiger partial charge in [-0.15, -0.1) is 0 Å². The lowest BCUT2D eigenvalue weighted by Crippen LogP contribution is -2.28. The summed E-state index contributed by atoms with van der Waals surface area (Å²) in [6.07, 6.45) is 6.34. The number of aryl methyl sites for hydroxylation is 1. The lowest BCUT2D eigenvalue weighted by atomic mass is 9.99. The van der Waals surface area contributed by atoms with Gasteiger partial charge < -0.3 is 15.0 Å². The van der Waals surface area contributed by atoms with E-state index < -0.39 is 6.09 Å². The average molecular weight is 388 g/mol. The normalized spacial score (nSPS) is 16.6. The zero-order valence-corrected chi connectivity index (χ0v) is 15.9. The third-order valence-electron chi connectivity index (χ3n) is 5.47. The fraction of sp³-hybridized carbons (Fsp3) is 0.238.